The molecule has 1 amide bonds. The van der Waals surface area contributed by atoms with Crippen molar-refractivity contribution in [2.45, 2.75) is 31.5 Å². The Bertz CT molecular complexity index is 639. The van der Waals surface area contributed by atoms with Gasteiger partial charge in [-0.25, -0.2) is 0 Å². The molecular formula is C19H24N4O. The molecule has 0 saturated carbocycles. The molecular weight excluding hydrogens is 300 g/mol. The molecule has 1 aromatic carbocycles. The lowest BCUT2D eigenvalue weighted by Crippen LogP contribution is -2.46. The number of pyridine rings is 1. The molecule has 24 heavy (non-hydrogen) atoms. The smallest absolute Gasteiger partial charge is 0.239 e. The van der Waals surface area contributed by atoms with E-state index in [1.54, 1.807) is 0 Å². The van der Waals surface area contributed by atoms with E-state index in [1.807, 2.05) is 48.7 Å². The minimum Gasteiger partial charge on any atom is -0.368 e. The van der Waals surface area contributed by atoms with Gasteiger partial charge in [-0.05, 0) is 30.5 Å². The molecule has 1 saturated heterocycles. The van der Waals surface area contributed by atoms with Crippen LogP contribution in [0.25, 0.3) is 0 Å². The normalized spacial score (nSPS) is 17.5. The van der Waals surface area contributed by atoms with E-state index in [4.69, 9.17) is 5.73 Å². The van der Waals surface area contributed by atoms with Gasteiger partial charge in [-0.3, -0.25) is 20.0 Å². The highest BCUT2D eigenvalue weighted by molar-refractivity contribution is 5.81. The molecule has 1 atom stereocenters. The number of carbonyl (C=O) groups excluding carboxylic acids is 1. The zero-order valence-electron chi connectivity index (χ0n) is 13.8. The number of carbonyl (C=O) groups is 1. The summed E-state index contributed by atoms with van der Waals surface area (Å²) in [5.41, 5.74) is 7.63. The van der Waals surface area contributed by atoms with E-state index < -0.39 is 6.04 Å². The van der Waals surface area contributed by atoms with Crippen molar-refractivity contribution in [3.8, 4) is 0 Å². The number of piperidine rings is 1. The number of primary amides is 1. The average Bonchev–Trinajstić information content (AvgIpc) is 2.62. The van der Waals surface area contributed by atoms with Crippen molar-refractivity contribution in [2.75, 3.05) is 13.1 Å². The van der Waals surface area contributed by atoms with Crippen LogP contribution in [0.4, 0.5) is 0 Å². The second-order valence-corrected chi connectivity index (χ2v) is 6.28. The molecule has 1 unspecified atom stereocenters. The summed E-state index contributed by atoms with van der Waals surface area (Å²) in [6, 6.07) is 15.6. The van der Waals surface area contributed by atoms with E-state index in [2.05, 4.69) is 21.3 Å². The topological polar surface area (TPSA) is 71.2 Å². The number of hydrogen-bond donors (Lipinski definition) is 2. The molecule has 5 heteroatoms. The lowest BCUT2D eigenvalue weighted by molar-refractivity contribution is -0.120. The number of amides is 1. The van der Waals surface area contributed by atoms with Crippen LogP contribution in [-0.4, -0.2) is 34.9 Å². The lowest BCUT2D eigenvalue weighted by Gasteiger charge is -2.34. The molecule has 1 aliphatic heterocycles. The molecule has 5 nitrogen and oxygen atoms in total. The van der Waals surface area contributed by atoms with Crippen LogP contribution in [0.3, 0.4) is 0 Å². The first-order chi connectivity index (χ1) is 11.7. The number of nitrogens with one attached hydrogen (secondary N) is 1. The molecule has 3 rings (SSSR count). The first-order valence-electron chi connectivity index (χ1n) is 8.45. The van der Waals surface area contributed by atoms with Crippen molar-refractivity contribution in [2.24, 2.45) is 5.73 Å². The van der Waals surface area contributed by atoms with E-state index in [0.717, 1.165) is 43.7 Å². The Kier molecular flexibility index (Phi) is 5.56. The zero-order valence-corrected chi connectivity index (χ0v) is 13.8. The van der Waals surface area contributed by atoms with Crippen molar-refractivity contribution in [1.29, 1.82) is 0 Å². The second kappa shape index (κ2) is 8.04. The molecule has 0 bridgehead atoms. The predicted octanol–water partition coefficient (Wildman–Crippen LogP) is 1.86. The highest BCUT2D eigenvalue weighted by Crippen LogP contribution is 2.18. The van der Waals surface area contributed by atoms with Crippen LogP contribution in [0.2, 0.25) is 0 Å². The number of aromatic nitrogens is 1. The minimum absolute atomic E-state index is 0.308. The first-order valence-corrected chi connectivity index (χ1v) is 8.45. The quantitative estimate of drug-likeness (QED) is 0.851. The van der Waals surface area contributed by atoms with Gasteiger partial charge in [0.15, 0.2) is 0 Å². The van der Waals surface area contributed by atoms with Crippen LogP contribution in [-0.2, 0) is 11.3 Å². The van der Waals surface area contributed by atoms with Gasteiger partial charge in [0.25, 0.3) is 0 Å². The number of nitrogens with two attached hydrogens (primary N) is 1. The average molecular weight is 324 g/mol. The number of hydrogen-bond acceptors (Lipinski definition) is 4. The Morgan fingerprint density at radius 1 is 1.17 bits per heavy atom. The van der Waals surface area contributed by atoms with Crippen molar-refractivity contribution in [1.82, 2.24) is 15.2 Å². The van der Waals surface area contributed by atoms with Gasteiger partial charge in [-0.1, -0.05) is 36.4 Å². The summed E-state index contributed by atoms with van der Waals surface area (Å²) in [7, 11) is 0. The number of rotatable bonds is 6. The molecule has 126 valence electrons. The van der Waals surface area contributed by atoms with Gasteiger partial charge < -0.3 is 5.73 Å². The summed E-state index contributed by atoms with van der Waals surface area (Å²) in [6.07, 6.45) is 3.84. The van der Waals surface area contributed by atoms with Gasteiger partial charge in [-0.15, -0.1) is 0 Å². The molecule has 0 aliphatic carbocycles. The summed E-state index contributed by atoms with van der Waals surface area (Å²) in [6.45, 7) is 2.87. The SMILES string of the molecule is NC(=O)C(NC1CCN(Cc2ccccn2)CC1)c1ccccc1. The maximum Gasteiger partial charge on any atom is 0.239 e. The molecule has 0 spiro atoms. The zero-order chi connectivity index (χ0) is 16.8. The van der Waals surface area contributed by atoms with Gasteiger partial charge in [0.1, 0.15) is 6.04 Å². The fraction of sp³-hybridized carbons (Fsp3) is 0.368. The summed E-state index contributed by atoms with van der Waals surface area (Å²) < 4.78 is 0. The lowest BCUT2D eigenvalue weighted by atomic mass is 10.0. The van der Waals surface area contributed by atoms with Crippen LogP contribution in [0.1, 0.15) is 30.1 Å². The van der Waals surface area contributed by atoms with Crippen molar-refractivity contribution in [3.05, 3.63) is 66.0 Å². The second-order valence-electron chi connectivity index (χ2n) is 6.28. The Morgan fingerprint density at radius 2 is 1.88 bits per heavy atom. The molecule has 3 N–H and O–H groups in total. The maximum absolute atomic E-state index is 11.8. The van der Waals surface area contributed by atoms with E-state index in [9.17, 15) is 4.79 Å². The van der Waals surface area contributed by atoms with Crippen LogP contribution in [0, 0.1) is 0 Å². The van der Waals surface area contributed by atoms with Crippen molar-refractivity contribution < 1.29 is 4.79 Å². The van der Waals surface area contributed by atoms with E-state index in [-0.39, 0.29) is 5.91 Å². The maximum atomic E-state index is 11.8. The predicted molar refractivity (Wildman–Crippen MR) is 94.0 cm³/mol. The molecule has 1 aromatic heterocycles. The molecule has 2 aromatic rings. The Hall–Kier alpha value is -2.24. The van der Waals surface area contributed by atoms with E-state index in [1.165, 1.54) is 0 Å². The fourth-order valence-electron chi connectivity index (χ4n) is 3.20. The third-order valence-electron chi connectivity index (χ3n) is 4.52. The van der Waals surface area contributed by atoms with Crippen LogP contribution >= 0.6 is 0 Å². The van der Waals surface area contributed by atoms with Gasteiger partial charge in [0.05, 0.1) is 5.69 Å². The third-order valence-corrected chi connectivity index (χ3v) is 4.52. The standard InChI is InChI=1S/C19H24N4O/c20-19(24)18(15-6-2-1-3-7-15)22-16-9-12-23(13-10-16)14-17-8-4-5-11-21-17/h1-8,11,16,18,22H,9-10,12-14H2,(H2,20,24). The van der Waals surface area contributed by atoms with Gasteiger partial charge in [0.2, 0.25) is 5.91 Å². The highest BCUT2D eigenvalue weighted by Gasteiger charge is 2.25. The molecule has 1 fully saturated rings. The van der Waals surface area contributed by atoms with Crippen molar-refractivity contribution in [3.63, 3.8) is 0 Å². The number of nitrogens with zero attached hydrogens (tertiary/aromatic N) is 2. The third kappa shape index (κ3) is 4.40. The van der Waals surface area contributed by atoms with Gasteiger partial charge >= 0.3 is 0 Å². The summed E-state index contributed by atoms with van der Waals surface area (Å²) in [4.78, 5) is 18.6. The minimum atomic E-state index is -0.418. The Labute approximate surface area is 142 Å². The fourth-order valence-corrected chi connectivity index (χ4v) is 3.20. The first kappa shape index (κ1) is 16.6. The molecule has 2 heterocycles. The Morgan fingerprint density at radius 3 is 2.50 bits per heavy atom. The number of benzene rings is 1. The Balaban J connectivity index is 1.53. The summed E-state index contributed by atoms with van der Waals surface area (Å²) in [5, 5.41) is 3.44. The molecule has 1 aliphatic rings. The number of likely N-dealkylation sites (tertiary alicyclic amines) is 1. The van der Waals surface area contributed by atoms with Crippen molar-refractivity contribution >= 4 is 5.91 Å². The summed E-state index contributed by atoms with van der Waals surface area (Å²) in [5.74, 6) is -0.322. The highest BCUT2D eigenvalue weighted by atomic mass is 16.1. The summed E-state index contributed by atoms with van der Waals surface area (Å²) >= 11 is 0. The molecule has 0 radical (unpaired) electrons. The van der Waals surface area contributed by atoms with Crippen LogP contribution in [0.15, 0.2) is 54.7 Å². The van der Waals surface area contributed by atoms with Crippen LogP contribution in [0.5, 0.6) is 0 Å². The van der Waals surface area contributed by atoms with Gasteiger partial charge in [0, 0.05) is 31.9 Å². The van der Waals surface area contributed by atoms with Gasteiger partial charge in [-0.2, -0.15) is 0 Å². The monoisotopic (exact) mass is 324 g/mol. The van der Waals surface area contributed by atoms with E-state index in [0.29, 0.717) is 6.04 Å². The van der Waals surface area contributed by atoms with Crippen LogP contribution < -0.4 is 11.1 Å². The van der Waals surface area contributed by atoms with E-state index >= 15 is 0 Å². The largest absolute Gasteiger partial charge is 0.368 e.